The summed E-state index contributed by atoms with van der Waals surface area (Å²) >= 11 is 5.04. The molecule has 0 unspecified atom stereocenters. The fraction of sp³-hybridized carbons (Fsp3) is 0. The molecule has 0 aliphatic carbocycles. The van der Waals surface area contributed by atoms with Gasteiger partial charge in [0.1, 0.15) is 5.75 Å². The SMILES string of the molecule is Oc1cc(O)c(/C=N/NC(=S)Nc2ccccc2)cc1O. The van der Waals surface area contributed by atoms with Crippen LogP contribution in [0.1, 0.15) is 5.56 Å². The van der Waals surface area contributed by atoms with Crippen LogP contribution in [-0.4, -0.2) is 26.6 Å². The molecule has 5 N–H and O–H groups in total. The van der Waals surface area contributed by atoms with Gasteiger partial charge in [-0.25, -0.2) is 0 Å². The zero-order chi connectivity index (χ0) is 15.2. The third-order valence-electron chi connectivity index (χ3n) is 2.53. The quantitative estimate of drug-likeness (QED) is 0.196. The number of nitrogens with one attached hydrogen (secondary N) is 2. The van der Waals surface area contributed by atoms with Gasteiger partial charge < -0.3 is 20.6 Å². The van der Waals surface area contributed by atoms with Gasteiger partial charge in [0.25, 0.3) is 0 Å². The fourth-order valence-electron chi connectivity index (χ4n) is 1.53. The standard InChI is InChI=1S/C14H13N3O3S/c18-11-7-13(20)12(19)6-9(11)8-15-17-14(21)16-10-4-2-1-3-5-10/h1-8,18-20H,(H2,16,17,21)/b15-8+. The number of benzene rings is 2. The van der Waals surface area contributed by atoms with Gasteiger partial charge in [0, 0.05) is 17.3 Å². The molecule has 108 valence electrons. The van der Waals surface area contributed by atoms with Crippen molar-refractivity contribution in [1.82, 2.24) is 5.43 Å². The summed E-state index contributed by atoms with van der Waals surface area (Å²) in [4.78, 5) is 0. The van der Waals surface area contributed by atoms with Gasteiger partial charge in [0.2, 0.25) is 0 Å². The first-order chi connectivity index (χ1) is 10.1. The summed E-state index contributed by atoms with van der Waals surface area (Å²) in [6, 6.07) is 11.5. The van der Waals surface area contributed by atoms with E-state index in [0.29, 0.717) is 0 Å². The molecule has 21 heavy (non-hydrogen) atoms. The van der Waals surface area contributed by atoms with Gasteiger partial charge in [-0.15, -0.1) is 0 Å². The molecule has 0 aliphatic rings. The Balaban J connectivity index is 1.96. The van der Waals surface area contributed by atoms with Gasteiger partial charge >= 0.3 is 0 Å². The van der Waals surface area contributed by atoms with Crippen molar-refractivity contribution in [3.63, 3.8) is 0 Å². The van der Waals surface area contributed by atoms with Crippen LogP contribution in [0.2, 0.25) is 0 Å². The first kappa shape index (κ1) is 14.6. The van der Waals surface area contributed by atoms with Gasteiger partial charge in [0.15, 0.2) is 16.6 Å². The summed E-state index contributed by atoms with van der Waals surface area (Å²) < 4.78 is 0. The number of thiocarbonyl (C=S) groups is 1. The summed E-state index contributed by atoms with van der Waals surface area (Å²) in [7, 11) is 0. The van der Waals surface area contributed by atoms with Crippen LogP contribution in [0.25, 0.3) is 0 Å². The number of nitrogens with zero attached hydrogens (tertiary/aromatic N) is 1. The monoisotopic (exact) mass is 303 g/mol. The number of hydrazone groups is 1. The highest BCUT2D eigenvalue weighted by Gasteiger charge is 2.05. The van der Waals surface area contributed by atoms with Gasteiger partial charge in [0.05, 0.1) is 6.21 Å². The number of para-hydroxylation sites is 1. The molecule has 0 radical (unpaired) electrons. The van der Waals surface area contributed by atoms with Crippen LogP contribution in [0, 0.1) is 0 Å². The van der Waals surface area contributed by atoms with Crippen LogP contribution in [0.5, 0.6) is 17.2 Å². The Hall–Kier alpha value is -2.80. The van der Waals surface area contributed by atoms with Crippen LogP contribution >= 0.6 is 12.2 Å². The summed E-state index contributed by atoms with van der Waals surface area (Å²) in [5.41, 5.74) is 3.63. The van der Waals surface area contributed by atoms with Gasteiger partial charge in [-0.2, -0.15) is 5.10 Å². The van der Waals surface area contributed by atoms with Crippen molar-refractivity contribution in [2.45, 2.75) is 0 Å². The van der Waals surface area contributed by atoms with E-state index in [1.807, 2.05) is 30.3 Å². The smallest absolute Gasteiger partial charge is 0.191 e. The van der Waals surface area contributed by atoms with Crippen LogP contribution in [-0.2, 0) is 0 Å². The molecule has 0 atom stereocenters. The number of hydrogen-bond acceptors (Lipinski definition) is 5. The van der Waals surface area contributed by atoms with Crippen molar-refractivity contribution in [2.24, 2.45) is 5.10 Å². The minimum Gasteiger partial charge on any atom is -0.507 e. The third kappa shape index (κ3) is 4.08. The molecule has 6 nitrogen and oxygen atoms in total. The Kier molecular flexibility index (Phi) is 4.57. The van der Waals surface area contributed by atoms with E-state index in [2.05, 4.69) is 15.8 Å². The molecule has 0 saturated heterocycles. The highest BCUT2D eigenvalue weighted by Crippen LogP contribution is 2.31. The van der Waals surface area contributed by atoms with Crippen molar-refractivity contribution in [3.8, 4) is 17.2 Å². The average molecular weight is 303 g/mol. The molecule has 0 saturated carbocycles. The van der Waals surface area contributed by atoms with Crippen LogP contribution in [0.4, 0.5) is 5.69 Å². The zero-order valence-corrected chi connectivity index (χ0v) is 11.6. The number of phenolic OH excluding ortho intramolecular Hbond substituents is 3. The topological polar surface area (TPSA) is 97.1 Å². The van der Waals surface area contributed by atoms with E-state index in [1.54, 1.807) is 0 Å². The second-order valence-corrected chi connectivity index (χ2v) is 4.50. The number of rotatable bonds is 3. The Labute approximate surface area is 126 Å². The largest absolute Gasteiger partial charge is 0.507 e. The number of anilines is 1. The number of hydrogen-bond donors (Lipinski definition) is 5. The highest BCUT2D eigenvalue weighted by atomic mass is 32.1. The Morgan fingerprint density at radius 2 is 1.67 bits per heavy atom. The molecule has 2 aromatic rings. The Bertz CT molecular complexity index is 675. The van der Waals surface area contributed by atoms with Crippen LogP contribution in [0.15, 0.2) is 47.6 Å². The third-order valence-corrected chi connectivity index (χ3v) is 2.72. The molecule has 2 aromatic carbocycles. The normalized spacial score (nSPS) is 10.5. The molecule has 0 amide bonds. The lowest BCUT2D eigenvalue weighted by Gasteiger charge is -2.06. The van der Waals surface area contributed by atoms with Crippen molar-refractivity contribution in [2.75, 3.05) is 5.32 Å². The Morgan fingerprint density at radius 1 is 1.00 bits per heavy atom. The van der Waals surface area contributed by atoms with E-state index in [4.69, 9.17) is 12.2 Å². The molecular formula is C14H13N3O3S. The predicted octanol–water partition coefficient (Wildman–Crippen LogP) is 2.12. The number of phenols is 3. The van der Waals surface area contributed by atoms with Crippen molar-refractivity contribution < 1.29 is 15.3 Å². The van der Waals surface area contributed by atoms with E-state index >= 15 is 0 Å². The first-order valence-corrected chi connectivity index (χ1v) is 6.37. The molecule has 0 spiro atoms. The molecule has 0 bridgehead atoms. The maximum atomic E-state index is 9.58. The second kappa shape index (κ2) is 6.58. The molecule has 0 fully saturated rings. The van der Waals surface area contributed by atoms with Crippen molar-refractivity contribution in [3.05, 3.63) is 48.0 Å². The van der Waals surface area contributed by atoms with Gasteiger partial charge in [-0.1, -0.05) is 18.2 Å². The average Bonchev–Trinajstić information content (AvgIpc) is 2.45. The van der Waals surface area contributed by atoms with E-state index in [-0.39, 0.29) is 22.2 Å². The summed E-state index contributed by atoms with van der Waals surface area (Å²) in [6.45, 7) is 0. The zero-order valence-electron chi connectivity index (χ0n) is 10.8. The Morgan fingerprint density at radius 3 is 2.38 bits per heavy atom. The first-order valence-electron chi connectivity index (χ1n) is 5.96. The van der Waals surface area contributed by atoms with E-state index in [1.165, 1.54) is 12.3 Å². The maximum absolute atomic E-state index is 9.58. The summed E-state index contributed by atoms with van der Waals surface area (Å²) in [5, 5.41) is 35.2. The van der Waals surface area contributed by atoms with Crippen LogP contribution < -0.4 is 10.7 Å². The highest BCUT2D eigenvalue weighted by molar-refractivity contribution is 7.80. The summed E-state index contributed by atoms with van der Waals surface area (Å²) in [5.74, 6) is -0.962. The fourth-order valence-corrected chi connectivity index (χ4v) is 1.70. The van der Waals surface area contributed by atoms with E-state index < -0.39 is 5.75 Å². The van der Waals surface area contributed by atoms with Gasteiger partial charge in [-0.3, -0.25) is 5.43 Å². The van der Waals surface area contributed by atoms with Crippen LogP contribution in [0.3, 0.4) is 0 Å². The van der Waals surface area contributed by atoms with Gasteiger partial charge in [-0.05, 0) is 30.4 Å². The second-order valence-electron chi connectivity index (χ2n) is 4.09. The minimum absolute atomic E-state index is 0.210. The number of aromatic hydroxyl groups is 3. The molecule has 0 aliphatic heterocycles. The summed E-state index contributed by atoms with van der Waals surface area (Å²) in [6.07, 6.45) is 1.27. The molecule has 7 heteroatoms. The predicted molar refractivity (Wildman–Crippen MR) is 84.8 cm³/mol. The lowest BCUT2D eigenvalue weighted by atomic mass is 10.2. The maximum Gasteiger partial charge on any atom is 0.191 e. The molecule has 0 heterocycles. The lowest BCUT2D eigenvalue weighted by molar-refractivity contribution is 0.396. The van der Waals surface area contributed by atoms with E-state index in [0.717, 1.165) is 11.8 Å². The van der Waals surface area contributed by atoms with Crippen molar-refractivity contribution in [1.29, 1.82) is 0 Å². The minimum atomic E-state index is -0.404. The van der Waals surface area contributed by atoms with Crippen molar-refractivity contribution >= 4 is 29.2 Å². The van der Waals surface area contributed by atoms with E-state index in [9.17, 15) is 15.3 Å². The molecule has 2 rings (SSSR count). The molecular weight excluding hydrogens is 290 g/mol. The molecule has 0 aromatic heterocycles. The lowest BCUT2D eigenvalue weighted by Crippen LogP contribution is -2.23.